The Bertz CT molecular complexity index is 1950. The van der Waals surface area contributed by atoms with Gasteiger partial charge in [-0.25, -0.2) is 24.5 Å². The van der Waals surface area contributed by atoms with Crippen LogP contribution in [0.15, 0.2) is 60.8 Å². The van der Waals surface area contributed by atoms with Gasteiger partial charge in [0.1, 0.15) is 11.3 Å². The summed E-state index contributed by atoms with van der Waals surface area (Å²) in [7, 11) is 1.78. The second kappa shape index (κ2) is 12.5. The number of hydrogen-bond donors (Lipinski definition) is 3. The van der Waals surface area contributed by atoms with Crippen molar-refractivity contribution in [3.8, 4) is 23.2 Å². The molecule has 0 saturated carbocycles. The molecule has 0 aliphatic carbocycles. The molecule has 4 aromatic rings. The molecule has 11 nitrogen and oxygen atoms in total. The Balaban J connectivity index is 1.37. The average Bonchev–Trinajstić information content (AvgIpc) is 3.32. The van der Waals surface area contributed by atoms with E-state index in [0.717, 1.165) is 17.0 Å². The summed E-state index contributed by atoms with van der Waals surface area (Å²) in [5.41, 5.74) is 7.44. The smallest absolute Gasteiger partial charge is 0.417 e. The molecular weight excluding hydrogens is 615 g/mol. The number of nitrogens with one attached hydrogen (secondary N) is 2. The number of benzene rings is 2. The van der Waals surface area contributed by atoms with Crippen LogP contribution in [0.5, 0.6) is 0 Å². The van der Waals surface area contributed by atoms with Gasteiger partial charge in [-0.1, -0.05) is 24.0 Å². The first-order valence-corrected chi connectivity index (χ1v) is 14.3. The van der Waals surface area contributed by atoms with Gasteiger partial charge in [-0.15, -0.1) is 0 Å². The predicted octanol–water partition coefficient (Wildman–Crippen LogP) is 6.06. The third kappa shape index (κ3) is 7.52. The number of nitrogen functional groups attached to an aromatic ring is 1. The summed E-state index contributed by atoms with van der Waals surface area (Å²) in [4.78, 5) is 48.0. The van der Waals surface area contributed by atoms with Crippen LogP contribution in [0.3, 0.4) is 0 Å². The van der Waals surface area contributed by atoms with Crippen molar-refractivity contribution in [2.24, 2.45) is 7.05 Å². The lowest BCUT2D eigenvalue weighted by atomic mass is 10.1. The van der Waals surface area contributed by atoms with Crippen molar-refractivity contribution in [3.63, 3.8) is 0 Å². The maximum Gasteiger partial charge on any atom is 0.417 e. The highest BCUT2D eigenvalue weighted by Crippen LogP contribution is 2.32. The van der Waals surface area contributed by atoms with E-state index in [1.807, 2.05) is 0 Å². The second-order valence-electron chi connectivity index (χ2n) is 11.6. The molecule has 0 radical (unpaired) electrons. The fourth-order valence-electron chi connectivity index (χ4n) is 4.88. The number of ether oxygens (including phenoxy) is 1. The van der Waals surface area contributed by atoms with E-state index in [2.05, 4.69) is 32.4 Å². The van der Waals surface area contributed by atoms with E-state index < -0.39 is 35.4 Å². The van der Waals surface area contributed by atoms with Crippen LogP contribution in [-0.4, -0.2) is 49.6 Å². The number of carbonyl (C=O) groups excluding carboxylic acids is 3. The van der Waals surface area contributed by atoms with E-state index in [1.54, 1.807) is 62.7 Å². The summed E-state index contributed by atoms with van der Waals surface area (Å²) in [5, 5.41) is 4.97. The van der Waals surface area contributed by atoms with E-state index in [9.17, 15) is 27.6 Å². The quantitative estimate of drug-likeness (QED) is 0.230. The molecule has 1 aliphatic heterocycles. The zero-order chi connectivity index (χ0) is 34.1. The van der Waals surface area contributed by atoms with E-state index in [-0.39, 0.29) is 18.2 Å². The number of halogens is 3. The highest BCUT2D eigenvalue weighted by Gasteiger charge is 2.35. The molecule has 0 bridgehead atoms. The van der Waals surface area contributed by atoms with Crippen LogP contribution in [0.1, 0.15) is 53.5 Å². The number of amides is 4. The highest BCUT2D eigenvalue weighted by atomic mass is 19.4. The maximum atomic E-state index is 13.3. The first kappa shape index (κ1) is 32.6. The molecule has 1 aliphatic rings. The summed E-state index contributed by atoms with van der Waals surface area (Å²) in [5.74, 6) is 5.52. The summed E-state index contributed by atoms with van der Waals surface area (Å²) < 4.78 is 46.3. The van der Waals surface area contributed by atoms with E-state index in [1.165, 1.54) is 18.3 Å². The molecular formula is C33H30F3N7O4. The van der Waals surface area contributed by atoms with Crippen molar-refractivity contribution in [1.29, 1.82) is 0 Å². The van der Waals surface area contributed by atoms with Gasteiger partial charge in [0, 0.05) is 48.8 Å². The van der Waals surface area contributed by atoms with Gasteiger partial charge in [0.05, 0.1) is 22.4 Å². The monoisotopic (exact) mass is 645 g/mol. The summed E-state index contributed by atoms with van der Waals surface area (Å²) in [6.07, 6.45) is -3.41. The Morgan fingerprint density at radius 2 is 1.68 bits per heavy atom. The largest absolute Gasteiger partial charge is 0.443 e. The molecule has 0 unspecified atom stereocenters. The zero-order valence-electron chi connectivity index (χ0n) is 25.8. The molecule has 47 heavy (non-hydrogen) atoms. The predicted molar refractivity (Wildman–Crippen MR) is 168 cm³/mol. The minimum atomic E-state index is -4.55. The van der Waals surface area contributed by atoms with Crippen LogP contribution in [-0.2, 0) is 24.4 Å². The van der Waals surface area contributed by atoms with Crippen molar-refractivity contribution in [2.45, 2.75) is 39.0 Å². The lowest BCUT2D eigenvalue weighted by Crippen LogP contribution is -2.44. The number of fused-ring (bicyclic) bond motifs is 1. The molecule has 2 aromatic carbocycles. The van der Waals surface area contributed by atoms with Crippen LogP contribution in [0.4, 0.5) is 40.1 Å². The third-order valence-corrected chi connectivity index (χ3v) is 6.98. The number of nitrogens with zero attached hydrogens (tertiary/aromatic N) is 4. The molecule has 2 aromatic heterocycles. The van der Waals surface area contributed by atoms with Crippen LogP contribution in [0.25, 0.3) is 11.4 Å². The number of imide groups is 1. The molecule has 5 rings (SSSR count). The topological polar surface area (TPSA) is 144 Å². The zero-order valence-corrected chi connectivity index (χ0v) is 25.8. The molecule has 0 fully saturated rings. The van der Waals surface area contributed by atoms with Gasteiger partial charge in [0.2, 0.25) is 5.95 Å². The van der Waals surface area contributed by atoms with Gasteiger partial charge < -0.3 is 25.7 Å². The Kier molecular flexibility index (Phi) is 8.66. The van der Waals surface area contributed by atoms with Crippen LogP contribution >= 0.6 is 0 Å². The average molecular weight is 646 g/mol. The van der Waals surface area contributed by atoms with Gasteiger partial charge in [-0.2, -0.15) is 13.2 Å². The van der Waals surface area contributed by atoms with Gasteiger partial charge in [-0.3, -0.25) is 4.79 Å². The van der Waals surface area contributed by atoms with Crippen LogP contribution in [0.2, 0.25) is 0 Å². The number of carbonyl (C=O) groups is 3. The molecule has 242 valence electrons. The van der Waals surface area contributed by atoms with Crippen LogP contribution in [0, 0.1) is 11.8 Å². The highest BCUT2D eigenvalue weighted by molar-refractivity contribution is 6.05. The van der Waals surface area contributed by atoms with Gasteiger partial charge in [0.25, 0.3) is 5.91 Å². The summed E-state index contributed by atoms with van der Waals surface area (Å²) in [6.45, 7) is 5.32. The number of rotatable bonds is 3. The van der Waals surface area contributed by atoms with E-state index in [0.29, 0.717) is 45.9 Å². The van der Waals surface area contributed by atoms with Gasteiger partial charge in [0.15, 0.2) is 0 Å². The first-order valence-electron chi connectivity index (χ1n) is 14.3. The lowest BCUT2D eigenvalue weighted by molar-refractivity contribution is -0.137. The molecule has 0 saturated heterocycles. The van der Waals surface area contributed by atoms with Crippen LogP contribution < -0.4 is 16.4 Å². The fourth-order valence-corrected chi connectivity index (χ4v) is 4.88. The number of hydrogen-bond acceptors (Lipinski definition) is 7. The van der Waals surface area contributed by atoms with Crippen molar-refractivity contribution in [3.05, 3.63) is 88.7 Å². The van der Waals surface area contributed by atoms with Crippen molar-refractivity contribution < 1.29 is 32.3 Å². The molecule has 0 atom stereocenters. The third-order valence-electron chi connectivity index (χ3n) is 6.98. The molecule has 0 spiro atoms. The normalized spacial score (nSPS) is 12.9. The van der Waals surface area contributed by atoms with E-state index in [4.69, 9.17) is 10.5 Å². The molecule has 4 amide bonds. The first-order chi connectivity index (χ1) is 22.1. The van der Waals surface area contributed by atoms with Gasteiger partial charge >= 0.3 is 18.3 Å². The van der Waals surface area contributed by atoms with Crippen molar-refractivity contribution in [1.82, 2.24) is 19.4 Å². The second-order valence-corrected chi connectivity index (χ2v) is 11.6. The number of alkyl halides is 3. The SMILES string of the molecule is Cn1c(-c2nc(N)ncc2C#Cc2cccc(NC(=O)Nc3cccc(C(F)(F)F)c3)c2)cc2c1CCN(C(=O)OC(C)(C)C)C2=O. The number of nitrogens with two attached hydrogens (primary N) is 1. The fraction of sp³-hybridized carbons (Fsp3) is 0.242. The maximum absolute atomic E-state index is 13.3. The number of urea groups is 1. The number of anilines is 3. The minimum absolute atomic E-state index is 0.00981. The van der Waals surface area contributed by atoms with Crippen molar-refractivity contribution >= 4 is 35.4 Å². The Hall–Kier alpha value is -5.84. The summed E-state index contributed by atoms with van der Waals surface area (Å²) in [6, 6.07) is 11.7. The summed E-state index contributed by atoms with van der Waals surface area (Å²) >= 11 is 0. The van der Waals surface area contributed by atoms with Crippen molar-refractivity contribution in [2.75, 3.05) is 22.9 Å². The number of aromatic nitrogens is 3. The Morgan fingerprint density at radius 3 is 2.36 bits per heavy atom. The Labute approximate surface area is 267 Å². The van der Waals surface area contributed by atoms with E-state index >= 15 is 0 Å². The standard InChI is InChI=1S/C33H30F3N7O4/c1-32(2,3)47-31(46)43-14-13-25-24(28(43)44)17-26(42(25)4)27-20(18-38-29(37)41-27)12-11-19-7-5-9-22(15-19)39-30(45)40-23-10-6-8-21(16-23)33(34,35)36/h5-10,15-18H,13-14H2,1-4H3,(H2,37,38,41)(H2,39,40,45). The minimum Gasteiger partial charge on any atom is -0.443 e. The van der Waals surface area contributed by atoms with Gasteiger partial charge in [-0.05, 0) is 63.2 Å². The Morgan fingerprint density at radius 1 is 1.00 bits per heavy atom. The molecule has 4 N–H and O–H groups in total. The molecule has 14 heteroatoms. The molecule has 3 heterocycles. The lowest BCUT2D eigenvalue weighted by Gasteiger charge is -2.28.